The molecule has 11 heavy (non-hydrogen) atoms. The van der Waals surface area contributed by atoms with Crippen molar-refractivity contribution in [1.82, 2.24) is 0 Å². The molecule has 0 saturated carbocycles. The monoisotopic (exact) mass is 150 g/mol. The molecule has 1 rings (SSSR count). The minimum Gasteiger partial charge on any atom is -0.392 e. The second-order valence-corrected chi connectivity index (χ2v) is 1.87. The minimum atomic E-state index is -0.624. The Hall–Kier alpha value is -1.64. The Morgan fingerprint density at radius 3 is 2.45 bits per heavy atom. The predicted octanol–water partition coefficient (Wildman–Crippen LogP) is 1.000. The van der Waals surface area contributed by atoms with Gasteiger partial charge in [0, 0.05) is 0 Å². The molecule has 0 saturated heterocycles. The molecule has 0 radical (unpaired) electrons. The predicted molar refractivity (Wildman–Crippen MR) is 37.9 cm³/mol. The van der Waals surface area contributed by atoms with Gasteiger partial charge in [0.2, 0.25) is 0 Å². The number of ether oxygens (including phenoxy) is 1. The first-order valence-electron chi connectivity index (χ1n) is 3.04. The molecule has 0 heterocycles. The molecule has 0 amide bonds. The Labute approximate surface area is 63.6 Å². The maximum absolute atomic E-state index is 10.8. The highest BCUT2D eigenvalue weighted by Crippen LogP contribution is 1.99. The second-order valence-electron chi connectivity index (χ2n) is 1.87. The van der Waals surface area contributed by atoms with Crippen molar-refractivity contribution in [2.75, 3.05) is 0 Å². The van der Waals surface area contributed by atoms with Crippen LogP contribution in [0.15, 0.2) is 30.3 Å². The van der Waals surface area contributed by atoms with Crippen molar-refractivity contribution < 1.29 is 14.3 Å². The van der Waals surface area contributed by atoms with E-state index in [0.29, 0.717) is 5.56 Å². The van der Waals surface area contributed by atoms with E-state index in [2.05, 4.69) is 4.74 Å². The van der Waals surface area contributed by atoms with Crippen LogP contribution in [0.3, 0.4) is 0 Å². The van der Waals surface area contributed by atoms with E-state index in [0.717, 1.165) is 0 Å². The van der Waals surface area contributed by atoms with Gasteiger partial charge in [-0.15, -0.1) is 0 Å². The smallest absolute Gasteiger partial charge is 0.345 e. The molecule has 0 spiro atoms. The van der Waals surface area contributed by atoms with Crippen LogP contribution in [0.25, 0.3) is 0 Å². The van der Waals surface area contributed by atoms with Gasteiger partial charge in [-0.25, -0.2) is 4.79 Å². The van der Waals surface area contributed by atoms with Crippen LogP contribution >= 0.6 is 0 Å². The largest absolute Gasteiger partial charge is 0.392 e. The van der Waals surface area contributed by atoms with Gasteiger partial charge in [0.25, 0.3) is 0 Å². The van der Waals surface area contributed by atoms with Crippen molar-refractivity contribution in [3.05, 3.63) is 35.9 Å². The standard InChI is InChI=1S/C8H6O3/c9-6-11-8(10)7-4-2-1-3-5-7/h1-6H. The lowest BCUT2D eigenvalue weighted by Gasteiger charge is -1.94. The summed E-state index contributed by atoms with van der Waals surface area (Å²) in [5.74, 6) is -0.624. The molecule has 0 aliphatic rings. The fraction of sp³-hybridized carbons (Fsp3) is 0. The van der Waals surface area contributed by atoms with Gasteiger partial charge in [-0.05, 0) is 12.1 Å². The maximum Gasteiger partial charge on any atom is 0.345 e. The van der Waals surface area contributed by atoms with E-state index in [1.165, 1.54) is 0 Å². The highest BCUT2D eigenvalue weighted by Gasteiger charge is 2.03. The van der Waals surface area contributed by atoms with Gasteiger partial charge >= 0.3 is 12.4 Å². The SMILES string of the molecule is O=COC(=O)c1ccccc1. The molecule has 0 aromatic heterocycles. The number of benzene rings is 1. The van der Waals surface area contributed by atoms with Crippen LogP contribution < -0.4 is 0 Å². The molecule has 0 aliphatic carbocycles. The van der Waals surface area contributed by atoms with Gasteiger partial charge in [-0.3, -0.25) is 4.79 Å². The van der Waals surface area contributed by atoms with E-state index >= 15 is 0 Å². The van der Waals surface area contributed by atoms with E-state index in [1.54, 1.807) is 30.3 Å². The van der Waals surface area contributed by atoms with Crippen molar-refractivity contribution in [3.63, 3.8) is 0 Å². The van der Waals surface area contributed by atoms with Gasteiger partial charge in [-0.1, -0.05) is 18.2 Å². The summed E-state index contributed by atoms with van der Waals surface area (Å²) in [5, 5.41) is 0. The lowest BCUT2D eigenvalue weighted by Crippen LogP contribution is -2.02. The summed E-state index contributed by atoms with van der Waals surface area (Å²) in [5.41, 5.74) is 0.375. The number of rotatable bonds is 2. The molecule has 1 aromatic carbocycles. The van der Waals surface area contributed by atoms with Crippen molar-refractivity contribution >= 4 is 12.4 Å². The number of carbonyl (C=O) groups is 2. The molecule has 3 nitrogen and oxygen atoms in total. The number of hydrogen-bond donors (Lipinski definition) is 0. The van der Waals surface area contributed by atoms with Gasteiger partial charge in [0.15, 0.2) is 0 Å². The molecule has 0 bridgehead atoms. The normalized spacial score (nSPS) is 8.73. The summed E-state index contributed by atoms with van der Waals surface area (Å²) in [6.07, 6.45) is 0. The van der Waals surface area contributed by atoms with Crippen molar-refractivity contribution in [1.29, 1.82) is 0 Å². The topological polar surface area (TPSA) is 43.4 Å². The maximum atomic E-state index is 10.8. The van der Waals surface area contributed by atoms with Crippen LogP contribution in [0, 0.1) is 0 Å². The zero-order valence-corrected chi connectivity index (χ0v) is 5.69. The van der Waals surface area contributed by atoms with Crippen LogP contribution in [0.5, 0.6) is 0 Å². The van der Waals surface area contributed by atoms with Crippen LogP contribution in [0.2, 0.25) is 0 Å². The van der Waals surface area contributed by atoms with Crippen LogP contribution in [-0.4, -0.2) is 12.4 Å². The average molecular weight is 150 g/mol. The molecule has 0 atom stereocenters. The van der Waals surface area contributed by atoms with Gasteiger partial charge in [0.1, 0.15) is 0 Å². The summed E-state index contributed by atoms with van der Waals surface area (Å²) >= 11 is 0. The van der Waals surface area contributed by atoms with Crippen LogP contribution in [0.1, 0.15) is 10.4 Å². The first-order valence-corrected chi connectivity index (χ1v) is 3.04. The molecule has 0 aliphatic heterocycles. The second kappa shape index (κ2) is 3.51. The first kappa shape index (κ1) is 7.47. The van der Waals surface area contributed by atoms with Crippen LogP contribution in [-0.2, 0) is 9.53 Å². The van der Waals surface area contributed by atoms with E-state index in [-0.39, 0.29) is 6.47 Å². The Kier molecular flexibility index (Phi) is 2.38. The Bertz CT molecular complexity index is 253. The van der Waals surface area contributed by atoms with E-state index < -0.39 is 5.97 Å². The lowest BCUT2D eigenvalue weighted by atomic mass is 10.2. The molecule has 0 N–H and O–H groups in total. The Balaban J connectivity index is 2.77. The Morgan fingerprint density at radius 2 is 1.91 bits per heavy atom. The summed E-state index contributed by atoms with van der Waals surface area (Å²) < 4.78 is 4.11. The van der Waals surface area contributed by atoms with Crippen molar-refractivity contribution in [2.24, 2.45) is 0 Å². The summed E-state index contributed by atoms with van der Waals surface area (Å²) in [7, 11) is 0. The molecule has 1 aromatic rings. The fourth-order valence-corrected chi connectivity index (χ4v) is 0.686. The number of hydrogen-bond acceptors (Lipinski definition) is 3. The average Bonchev–Trinajstić information content (AvgIpc) is 2.07. The summed E-state index contributed by atoms with van der Waals surface area (Å²) in [4.78, 5) is 20.5. The fourth-order valence-electron chi connectivity index (χ4n) is 0.686. The molecular formula is C8H6O3. The van der Waals surface area contributed by atoms with Crippen molar-refractivity contribution in [2.45, 2.75) is 0 Å². The highest BCUT2D eigenvalue weighted by molar-refractivity contribution is 5.92. The minimum absolute atomic E-state index is 0.120. The van der Waals surface area contributed by atoms with Gasteiger partial charge in [0.05, 0.1) is 5.56 Å². The van der Waals surface area contributed by atoms with Crippen LogP contribution in [0.4, 0.5) is 0 Å². The molecule has 0 unspecified atom stereocenters. The number of esters is 1. The van der Waals surface area contributed by atoms with E-state index in [9.17, 15) is 9.59 Å². The first-order chi connectivity index (χ1) is 5.34. The number of carbonyl (C=O) groups excluding carboxylic acids is 2. The summed E-state index contributed by atoms with van der Waals surface area (Å²) in [6, 6.07) is 8.32. The quantitative estimate of drug-likeness (QED) is 0.359. The molecule has 0 fully saturated rings. The van der Waals surface area contributed by atoms with E-state index in [1.807, 2.05) is 0 Å². The third-order valence-electron chi connectivity index (χ3n) is 1.16. The van der Waals surface area contributed by atoms with Crippen molar-refractivity contribution in [3.8, 4) is 0 Å². The zero-order valence-electron chi connectivity index (χ0n) is 5.69. The molecule has 3 heteroatoms. The Morgan fingerprint density at radius 1 is 1.27 bits per heavy atom. The lowest BCUT2D eigenvalue weighted by molar-refractivity contribution is -0.123. The van der Waals surface area contributed by atoms with Gasteiger partial charge in [-0.2, -0.15) is 0 Å². The zero-order chi connectivity index (χ0) is 8.10. The third kappa shape index (κ3) is 1.89. The van der Waals surface area contributed by atoms with E-state index in [4.69, 9.17) is 0 Å². The summed E-state index contributed by atoms with van der Waals surface area (Å²) in [6.45, 7) is 0.120. The van der Waals surface area contributed by atoms with Gasteiger partial charge < -0.3 is 4.74 Å². The molecular weight excluding hydrogens is 144 g/mol. The molecule has 56 valence electrons. The third-order valence-corrected chi connectivity index (χ3v) is 1.16. The highest BCUT2D eigenvalue weighted by atomic mass is 16.6.